The number of methoxy groups -OCH3 is 1. The molecule has 0 aromatic heterocycles. The number of ether oxygens (including phenoxy) is 1. The summed E-state index contributed by atoms with van der Waals surface area (Å²) in [5, 5.41) is 4.95. The Bertz CT molecular complexity index is 893. The fraction of sp³-hybridized carbons (Fsp3) is 0.391. The summed E-state index contributed by atoms with van der Waals surface area (Å²) in [5.41, 5.74) is 2.94. The quantitative estimate of drug-likeness (QED) is 0.664. The molecule has 0 unspecified atom stereocenters. The van der Waals surface area contributed by atoms with E-state index in [4.69, 9.17) is 21.2 Å². The average molecular weight is 413 g/mol. The molecule has 29 heavy (non-hydrogen) atoms. The Labute approximate surface area is 176 Å². The third-order valence-corrected chi connectivity index (χ3v) is 5.86. The van der Waals surface area contributed by atoms with Gasteiger partial charge in [0.05, 0.1) is 19.4 Å². The van der Waals surface area contributed by atoms with Crippen LogP contribution in [-0.4, -0.2) is 36.3 Å². The number of hydrogen-bond donors (Lipinski definition) is 0. The molecule has 152 valence electrons. The largest absolute Gasteiger partial charge is 0.497 e. The van der Waals surface area contributed by atoms with Gasteiger partial charge < -0.3 is 14.5 Å². The Kier molecular flexibility index (Phi) is 6.05. The summed E-state index contributed by atoms with van der Waals surface area (Å²) < 4.78 is 5.33. The highest BCUT2D eigenvalue weighted by Crippen LogP contribution is 2.30. The van der Waals surface area contributed by atoms with Gasteiger partial charge in [0, 0.05) is 23.9 Å². The molecule has 6 heteroatoms. The van der Waals surface area contributed by atoms with Crippen molar-refractivity contribution in [2.45, 2.75) is 38.3 Å². The fourth-order valence-electron chi connectivity index (χ4n) is 3.72. The Morgan fingerprint density at radius 3 is 2.72 bits per heavy atom. The van der Waals surface area contributed by atoms with Gasteiger partial charge in [0.25, 0.3) is 0 Å². The molecule has 5 nitrogen and oxygen atoms in total. The predicted octanol–water partition coefficient (Wildman–Crippen LogP) is 4.67. The highest BCUT2D eigenvalue weighted by molar-refractivity contribution is 6.30. The second-order valence-corrected chi connectivity index (χ2v) is 8.11. The number of nitrogens with zero attached hydrogens (tertiary/aromatic N) is 2. The summed E-state index contributed by atoms with van der Waals surface area (Å²) in [5.74, 6) is 1.14. The monoisotopic (exact) mass is 412 g/mol. The average Bonchev–Trinajstić information content (AvgIpc) is 3.15. The number of rotatable bonds is 7. The summed E-state index contributed by atoms with van der Waals surface area (Å²) in [4.78, 5) is 20.6. The lowest BCUT2D eigenvalue weighted by atomic mass is 9.84. The molecule has 1 atom stereocenters. The first kappa shape index (κ1) is 19.8. The van der Waals surface area contributed by atoms with Gasteiger partial charge in [-0.25, -0.2) is 0 Å². The van der Waals surface area contributed by atoms with E-state index >= 15 is 0 Å². The van der Waals surface area contributed by atoms with Crippen LogP contribution in [0.25, 0.3) is 0 Å². The minimum absolute atomic E-state index is 0.138. The predicted molar refractivity (Wildman–Crippen MR) is 113 cm³/mol. The molecular weight excluding hydrogens is 388 g/mol. The van der Waals surface area contributed by atoms with Gasteiger partial charge in [-0.1, -0.05) is 47.4 Å². The number of hydrogen-bond acceptors (Lipinski definition) is 4. The van der Waals surface area contributed by atoms with E-state index in [1.54, 1.807) is 7.11 Å². The lowest BCUT2D eigenvalue weighted by molar-refractivity contribution is -0.140. The molecule has 0 spiro atoms. The zero-order valence-electron chi connectivity index (χ0n) is 16.5. The van der Waals surface area contributed by atoms with Crippen molar-refractivity contribution < 1.29 is 14.4 Å². The van der Waals surface area contributed by atoms with Crippen molar-refractivity contribution in [3.8, 4) is 5.75 Å². The van der Waals surface area contributed by atoms with Crippen LogP contribution < -0.4 is 4.74 Å². The molecular formula is C23H25ClN2O3. The van der Waals surface area contributed by atoms with E-state index < -0.39 is 0 Å². The zero-order chi connectivity index (χ0) is 20.2. The lowest BCUT2D eigenvalue weighted by Crippen LogP contribution is -2.42. The standard InChI is InChI=1S/C23H25ClN2O3/c1-28-20-7-2-4-16(12-20)14-26(23(27)18-5-3-6-18)15-21-13-22(25-29-21)17-8-10-19(24)11-9-17/h2,4,7-12,18,21H,3,5-6,13-15H2,1H3/t21-/m1/s1. The number of oxime groups is 1. The van der Waals surface area contributed by atoms with E-state index in [9.17, 15) is 4.79 Å². The topological polar surface area (TPSA) is 51.1 Å². The van der Waals surface area contributed by atoms with Gasteiger partial charge in [-0.3, -0.25) is 4.79 Å². The van der Waals surface area contributed by atoms with Crippen LogP contribution in [0, 0.1) is 5.92 Å². The van der Waals surface area contributed by atoms with Crippen molar-refractivity contribution in [3.05, 3.63) is 64.7 Å². The maximum atomic E-state index is 13.0. The van der Waals surface area contributed by atoms with Crippen LogP contribution in [0.5, 0.6) is 5.75 Å². The minimum atomic E-state index is -0.143. The zero-order valence-corrected chi connectivity index (χ0v) is 17.3. The van der Waals surface area contributed by atoms with Crippen LogP contribution in [0.15, 0.2) is 53.7 Å². The van der Waals surface area contributed by atoms with Crippen molar-refractivity contribution in [1.29, 1.82) is 0 Å². The Hall–Kier alpha value is -2.53. The lowest BCUT2D eigenvalue weighted by Gasteiger charge is -2.32. The first-order valence-corrected chi connectivity index (χ1v) is 10.4. The first-order chi connectivity index (χ1) is 14.1. The first-order valence-electron chi connectivity index (χ1n) is 10.0. The van der Waals surface area contributed by atoms with Crippen LogP contribution in [0.2, 0.25) is 5.02 Å². The molecule has 0 saturated heterocycles. The van der Waals surface area contributed by atoms with Gasteiger partial charge in [0.2, 0.25) is 5.91 Å². The van der Waals surface area contributed by atoms with Gasteiger partial charge in [-0.05, 0) is 48.2 Å². The van der Waals surface area contributed by atoms with E-state index in [2.05, 4.69) is 5.16 Å². The second-order valence-electron chi connectivity index (χ2n) is 7.67. The summed E-state index contributed by atoms with van der Waals surface area (Å²) >= 11 is 5.97. The number of carbonyl (C=O) groups excluding carboxylic acids is 1. The van der Waals surface area contributed by atoms with Crippen molar-refractivity contribution in [2.24, 2.45) is 11.1 Å². The third kappa shape index (κ3) is 4.73. The van der Waals surface area contributed by atoms with Crippen molar-refractivity contribution >= 4 is 23.2 Å². The van der Waals surface area contributed by atoms with Crippen molar-refractivity contribution in [1.82, 2.24) is 4.90 Å². The van der Waals surface area contributed by atoms with Gasteiger partial charge >= 0.3 is 0 Å². The molecule has 2 aromatic rings. The molecule has 2 aromatic carbocycles. The van der Waals surface area contributed by atoms with Crippen LogP contribution in [0.1, 0.15) is 36.8 Å². The molecule has 0 radical (unpaired) electrons. The van der Waals surface area contributed by atoms with Gasteiger partial charge in [-0.15, -0.1) is 0 Å². The molecule has 0 N–H and O–H groups in total. The van der Waals surface area contributed by atoms with Crippen LogP contribution >= 0.6 is 11.6 Å². The smallest absolute Gasteiger partial charge is 0.226 e. The summed E-state index contributed by atoms with van der Waals surface area (Å²) in [7, 11) is 1.65. The molecule has 0 bridgehead atoms. The molecule has 1 amide bonds. The molecule has 1 fully saturated rings. The van der Waals surface area contributed by atoms with E-state index in [0.29, 0.717) is 24.5 Å². The summed E-state index contributed by atoms with van der Waals surface area (Å²) in [6.45, 7) is 1.07. The maximum absolute atomic E-state index is 13.0. The van der Waals surface area contributed by atoms with Crippen LogP contribution in [0.4, 0.5) is 0 Å². The normalized spacial score (nSPS) is 18.6. The highest BCUT2D eigenvalue weighted by atomic mass is 35.5. The summed E-state index contributed by atoms with van der Waals surface area (Å²) in [6, 6.07) is 15.5. The molecule has 1 aliphatic heterocycles. The van der Waals surface area contributed by atoms with Crippen molar-refractivity contribution in [2.75, 3.05) is 13.7 Å². The maximum Gasteiger partial charge on any atom is 0.226 e. The Morgan fingerprint density at radius 1 is 1.24 bits per heavy atom. The molecule has 2 aliphatic rings. The molecule has 4 rings (SSSR count). The van der Waals surface area contributed by atoms with Gasteiger partial charge in [0.1, 0.15) is 5.75 Å². The van der Waals surface area contributed by atoms with E-state index in [1.807, 2.05) is 53.4 Å². The molecule has 1 aliphatic carbocycles. The summed E-state index contributed by atoms with van der Waals surface area (Å²) in [6.07, 6.45) is 3.62. The van der Waals surface area contributed by atoms with Crippen LogP contribution in [-0.2, 0) is 16.2 Å². The minimum Gasteiger partial charge on any atom is -0.497 e. The molecule has 1 saturated carbocycles. The number of halogens is 1. The number of benzene rings is 2. The number of carbonyl (C=O) groups is 1. The third-order valence-electron chi connectivity index (χ3n) is 5.61. The highest BCUT2D eigenvalue weighted by Gasteiger charge is 2.33. The Morgan fingerprint density at radius 2 is 2.03 bits per heavy atom. The molecule has 1 heterocycles. The van der Waals surface area contributed by atoms with E-state index in [0.717, 1.165) is 41.9 Å². The van der Waals surface area contributed by atoms with Gasteiger partial charge in [0.15, 0.2) is 6.10 Å². The Balaban J connectivity index is 1.44. The van der Waals surface area contributed by atoms with Gasteiger partial charge in [-0.2, -0.15) is 0 Å². The van der Waals surface area contributed by atoms with E-state index in [1.165, 1.54) is 0 Å². The van der Waals surface area contributed by atoms with Crippen molar-refractivity contribution in [3.63, 3.8) is 0 Å². The fourth-order valence-corrected chi connectivity index (χ4v) is 3.85. The van der Waals surface area contributed by atoms with Crippen LogP contribution in [0.3, 0.4) is 0 Å². The van der Waals surface area contributed by atoms with E-state index in [-0.39, 0.29) is 17.9 Å². The number of amides is 1. The second kappa shape index (κ2) is 8.87. The SMILES string of the molecule is COc1cccc(CN(C[C@H]2CC(c3ccc(Cl)cc3)=NO2)C(=O)C2CCC2)c1.